The number of fused-ring (bicyclic) bond motifs is 1. The number of nitrogens with one attached hydrogen (secondary N) is 1. The first-order chi connectivity index (χ1) is 20.2. The van der Waals surface area contributed by atoms with E-state index in [1.165, 1.54) is 82.6 Å². The summed E-state index contributed by atoms with van der Waals surface area (Å²) in [6, 6.07) is 15.3. The fourth-order valence-electron chi connectivity index (χ4n) is 5.07. The molecule has 1 heterocycles. The largest absolute Gasteiger partial charge is 0.295 e. The molecular formula is C32H45N3O5S2. The SMILES string of the molecule is CCCCCCCCCCCCCCCCS(=O)(=O)NN=Cc1cc(-c2ccccc2)nc2cccc(S(=O)(=O)O)c12. The van der Waals surface area contributed by atoms with E-state index in [4.69, 9.17) is 0 Å². The molecule has 8 nitrogen and oxygen atoms in total. The van der Waals surface area contributed by atoms with Crippen LogP contribution in [0.1, 0.15) is 102 Å². The highest BCUT2D eigenvalue weighted by atomic mass is 32.2. The number of pyridine rings is 1. The predicted octanol–water partition coefficient (Wildman–Crippen LogP) is 7.88. The molecule has 42 heavy (non-hydrogen) atoms. The molecule has 0 aliphatic carbocycles. The monoisotopic (exact) mass is 615 g/mol. The number of sulfonamides is 1. The highest BCUT2D eigenvalue weighted by Gasteiger charge is 2.18. The summed E-state index contributed by atoms with van der Waals surface area (Å²) in [5.74, 6) is -0.0367. The summed E-state index contributed by atoms with van der Waals surface area (Å²) in [6.07, 6.45) is 17.9. The molecule has 230 valence electrons. The van der Waals surface area contributed by atoms with Crippen LogP contribution in [0, 0.1) is 0 Å². The van der Waals surface area contributed by atoms with Gasteiger partial charge in [0.2, 0.25) is 10.0 Å². The van der Waals surface area contributed by atoms with Gasteiger partial charge in [-0.25, -0.2) is 18.2 Å². The van der Waals surface area contributed by atoms with Crippen molar-refractivity contribution in [2.45, 2.75) is 102 Å². The maximum Gasteiger partial charge on any atom is 0.295 e. The van der Waals surface area contributed by atoms with Crippen molar-refractivity contribution < 1.29 is 21.4 Å². The van der Waals surface area contributed by atoms with Crippen molar-refractivity contribution in [3.05, 3.63) is 60.2 Å². The van der Waals surface area contributed by atoms with Gasteiger partial charge in [-0.05, 0) is 24.6 Å². The average molecular weight is 616 g/mol. The van der Waals surface area contributed by atoms with Crippen LogP contribution in [-0.4, -0.2) is 38.3 Å². The third kappa shape index (κ3) is 11.5. The van der Waals surface area contributed by atoms with Crippen LogP contribution >= 0.6 is 0 Å². The number of rotatable bonds is 20. The Labute approximate surface area is 251 Å². The van der Waals surface area contributed by atoms with Crippen LogP contribution < -0.4 is 4.83 Å². The molecule has 0 spiro atoms. The van der Waals surface area contributed by atoms with Crippen LogP contribution in [-0.2, 0) is 20.1 Å². The number of hydrogen-bond donors (Lipinski definition) is 2. The van der Waals surface area contributed by atoms with E-state index < -0.39 is 20.1 Å². The molecule has 3 rings (SSSR count). The summed E-state index contributed by atoms with van der Waals surface area (Å²) in [5.41, 5.74) is 2.00. The Morgan fingerprint density at radius 2 is 1.33 bits per heavy atom. The normalized spacial score (nSPS) is 12.3. The summed E-state index contributed by atoms with van der Waals surface area (Å²) in [4.78, 5) is 6.49. The topological polar surface area (TPSA) is 126 Å². The van der Waals surface area contributed by atoms with Gasteiger partial charge in [-0.1, -0.05) is 127 Å². The second kappa shape index (κ2) is 17.3. The third-order valence-corrected chi connectivity index (χ3v) is 9.44. The lowest BCUT2D eigenvalue weighted by atomic mass is 10.0. The van der Waals surface area contributed by atoms with E-state index >= 15 is 0 Å². The van der Waals surface area contributed by atoms with Gasteiger partial charge < -0.3 is 0 Å². The van der Waals surface area contributed by atoms with Crippen molar-refractivity contribution in [2.24, 2.45) is 5.10 Å². The molecule has 1 aromatic heterocycles. The summed E-state index contributed by atoms with van der Waals surface area (Å²) in [6.45, 7) is 2.24. The summed E-state index contributed by atoms with van der Waals surface area (Å²) in [7, 11) is -8.21. The van der Waals surface area contributed by atoms with Gasteiger partial charge >= 0.3 is 0 Å². The standard InChI is InChI=1S/C32H45N3O5S2/c1-2-3-4-5-6-7-8-9-10-11-12-13-14-18-24-41(36,37)35-33-26-28-25-30(27-20-16-15-17-21-27)34-29-22-19-23-31(32(28)29)42(38,39)40/h15-17,19-23,25-26,35H,2-14,18,24H2,1H3,(H,38,39,40). The Morgan fingerprint density at radius 3 is 1.90 bits per heavy atom. The van der Waals surface area contributed by atoms with E-state index in [0.29, 0.717) is 23.2 Å². The fraction of sp³-hybridized carbons (Fsp3) is 0.500. The minimum atomic E-state index is -4.56. The minimum absolute atomic E-state index is 0.0367. The molecular weight excluding hydrogens is 571 g/mol. The molecule has 3 aromatic rings. The van der Waals surface area contributed by atoms with Gasteiger partial charge in [0.15, 0.2) is 0 Å². The highest BCUT2D eigenvalue weighted by molar-refractivity contribution is 7.89. The van der Waals surface area contributed by atoms with Gasteiger partial charge in [-0.3, -0.25) is 4.55 Å². The molecule has 10 heteroatoms. The Kier molecular flexibility index (Phi) is 13.9. The minimum Gasteiger partial charge on any atom is -0.282 e. The lowest BCUT2D eigenvalue weighted by Gasteiger charge is -2.10. The van der Waals surface area contributed by atoms with Crippen LogP contribution in [0.25, 0.3) is 22.2 Å². The van der Waals surface area contributed by atoms with Gasteiger partial charge in [0, 0.05) is 16.5 Å². The van der Waals surface area contributed by atoms with Crippen molar-refractivity contribution in [2.75, 3.05) is 5.75 Å². The van der Waals surface area contributed by atoms with Crippen LogP contribution in [0.5, 0.6) is 0 Å². The lowest BCUT2D eigenvalue weighted by molar-refractivity contribution is 0.484. The van der Waals surface area contributed by atoms with Crippen LogP contribution in [0.2, 0.25) is 0 Å². The number of unbranched alkanes of at least 4 members (excludes halogenated alkanes) is 13. The van der Waals surface area contributed by atoms with E-state index in [1.807, 2.05) is 30.3 Å². The van der Waals surface area contributed by atoms with E-state index in [9.17, 15) is 21.4 Å². The number of hydrazone groups is 1. The Bertz CT molecular complexity index is 1490. The molecule has 0 fully saturated rings. The van der Waals surface area contributed by atoms with Gasteiger partial charge in [0.1, 0.15) is 4.90 Å². The second-order valence-corrected chi connectivity index (χ2v) is 14.1. The molecule has 0 amide bonds. The zero-order chi connectivity index (χ0) is 30.3. The number of hydrogen-bond acceptors (Lipinski definition) is 6. The maximum absolute atomic E-state index is 12.5. The molecule has 2 N–H and O–H groups in total. The van der Waals surface area contributed by atoms with Crippen molar-refractivity contribution in [3.63, 3.8) is 0 Å². The third-order valence-electron chi connectivity index (χ3n) is 7.34. The van der Waals surface area contributed by atoms with Crippen molar-refractivity contribution in [1.82, 2.24) is 9.82 Å². The highest BCUT2D eigenvalue weighted by Crippen LogP contribution is 2.29. The van der Waals surface area contributed by atoms with E-state index in [2.05, 4.69) is 21.8 Å². The van der Waals surface area contributed by atoms with E-state index in [1.54, 1.807) is 12.1 Å². The molecule has 0 unspecified atom stereocenters. The smallest absolute Gasteiger partial charge is 0.282 e. The molecule has 0 saturated heterocycles. The van der Waals surface area contributed by atoms with Crippen LogP contribution in [0.4, 0.5) is 0 Å². The lowest BCUT2D eigenvalue weighted by Crippen LogP contribution is -2.21. The summed E-state index contributed by atoms with van der Waals surface area (Å²) < 4.78 is 59.0. The number of aromatic nitrogens is 1. The van der Waals surface area contributed by atoms with Gasteiger partial charge in [-0.2, -0.15) is 13.5 Å². The van der Waals surface area contributed by atoms with Crippen molar-refractivity contribution >= 4 is 37.3 Å². The number of benzene rings is 2. The molecule has 2 aromatic carbocycles. The fourth-order valence-corrected chi connectivity index (χ4v) is 6.69. The first kappa shape index (κ1) is 33.7. The zero-order valence-corrected chi connectivity index (χ0v) is 26.3. The predicted molar refractivity (Wildman–Crippen MR) is 172 cm³/mol. The van der Waals surface area contributed by atoms with Gasteiger partial charge in [0.05, 0.1) is 23.2 Å². The van der Waals surface area contributed by atoms with E-state index in [-0.39, 0.29) is 16.0 Å². The average Bonchev–Trinajstić information content (AvgIpc) is 2.96. The quantitative estimate of drug-likeness (QED) is 0.0576. The number of nitrogens with zero attached hydrogens (tertiary/aromatic N) is 2. The zero-order valence-electron chi connectivity index (χ0n) is 24.7. The molecule has 0 aliphatic rings. The van der Waals surface area contributed by atoms with Crippen molar-refractivity contribution in [1.29, 1.82) is 0 Å². The molecule has 0 saturated carbocycles. The molecule has 0 bridgehead atoms. The van der Waals surface area contributed by atoms with E-state index in [0.717, 1.165) is 24.8 Å². The Morgan fingerprint density at radius 1 is 0.762 bits per heavy atom. The first-order valence-corrected chi connectivity index (χ1v) is 18.3. The van der Waals surface area contributed by atoms with Crippen LogP contribution in [0.3, 0.4) is 0 Å². The first-order valence-electron chi connectivity index (χ1n) is 15.2. The van der Waals surface area contributed by atoms with Gasteiger partial charge in [0.25, 0.3) is 10.1 Å². The second-order valence-electron chi connectivity index (χ2n) is 10.9. The summed E-state index contributed by atoms with van der Waals surface area (Å²) >= 11 is 0. The maximum atomic E-state index is 12.5. The molecule has 0 aliphatic heterocycles. The Hall–Kier alpha value is -2.82. The Balaban J connectivity index is 1.50. The molecule has 0 atom stereocenters. The molecule has 0 radical (unpaired) electrons. The van der Waals surface area contributed by atoms with Crippen LogP contribution in [0.15, 0.2) is 64.6 Å². The van der Waals surface area contributed by atoms with Crippen molar-refractivity contribution in [3.8, 4) is 11.3 Å². The van der Waals surface area contributed by atoms with Gasteiger partial charge in [-0.15, -0.1) is 0 Å². The summed E-state index contributed by atoms with van der Waals surface area (Å²) in [5, 5.41) is 4.10.